The second kappa shape index (κ2) is 6.68. The molecule has 1 fully saturated rings. The maximum atomic E-state index is 13.3. The van der Waals surface area contributed by atoms with E-state index >= 15 is 0 Å². The largest absolute Gasteiger partial charge is 0.367 e. The second-order valence-electron chi connectivity index (χ2n) is 5.69. The van der Waals surface area contributed by atoms with Crippen LogP contribution in [0.25, 0.3) is 10.8 Å². The van der Waals surface area contributed by atoms with E-state index < -0.39 is 5.92 Å². The van der Waals surface area contributed by atoms with E-state index in [2.05, 4.69) is 20.3 Å². The van der Waals surface area contributed by atoms with Crippen LogP contribution in [0.1, 0.15) is 31.4 Å². The zero-order valence-electron chi connectivity index (χ0n) is 13.0. The SMILES string of the molecule is CSc1cc(NC2CCC(F)(F)CC2)nc(-c2nc(C)cs2)n1. The highest BCUT2D eigenvalue weighted by molar-refractivity contribution is 7.98. The van der Waals surface area contributed by atoms with Gasteiger partial charge in [0.15, 0.2) is 10.8 Å². The lowest BCUT2D eigenvalue weighted by Crippen LogP contribution is -2.32. The highest BCUT2D eigenvalue weighted by Gasteiger charge is 2.35. The number of hydrogen-bond donors (Lipinski definition) is 1. The van der Waals surface area contributed by atoms with E-state index in [1.165, 1.54) is 23.1 Å². The molecule has 0 atom stereocenters. The molecule has 4 nitrogen and oxygen atoms in total. The average molecular weight is 356 g/mol. The third-order valence-corrected chi connectivity index (χ3v) is 5.37. The number of hydrogen-bond acceptors (Lipinski definition) is 6. The molecule has 1 N–H and O–H groups in total. The van der Waals surface area contributed by atoms with Crippen molar-refractivity contribution in [3.05, 3.63) is 17.1 Å². The highest BCUT2D eigenvalue weighted by Crippen LogP contribution is 2.34. The summed E-state index contributed by atoms with van der Waals surface area (Å²) in [5.74, 6) is -1.25. The maximum absolute atomic E-state index is 13.3. The summed E-state index contributed by atoms with van der Waals surface area (Å²) in [5, 5.41) is 6.86. The number of rotatable bonds is 4. The summed E-state index contributed by atoms with van der Waals surface area (Å²) in [6.07, 6.45) is 2.73. The summed E-state index contributed by atoms with van der Waals surface area (Å²) < 4.78 is 26.5. The van der Waals surface area contributed by atoms with Crippen LogP contribution in [0.4, 0.5) is 14.6 Å². The molecule has 0 bridgehead atoms. The van der Waals surface area contributed by atoms with Gasteiger partial charge in [0.05, 0.1) is 0 Å². The van der Waals surface area contributed by atoms with Crippen LogP contribution in [-0.2, 0) is 0 Å². The highest BCUT2D eigenvalue weighted by atomic mass is 32.2. The summed E-state index contributed by atoms with van der Waals surface area (Å²) in [5.41, 5.74) is 0.937. The van der Waals surface area contributed by atoms with Crippen molar-refractivity contribution in [2.45, 2.75) is 49.6 Å². The molecule has 0 amide bonds. The lowest BCUT2D eigenvalue weighted by Gasteiger charge is -2.29. The van der Waals surface area contributed by atoms with Gasteiger partial charge in [0.25, 0.3) is 0 Å². The van der Waals surface area contributed by atoms with E-state index in [1.807, 2.05) is 24.6 Å². The van der Waals surface area contributed by atoms with Crippen LogP contribution in [0.5, 0.6) is 0 Å². The van der Waals surface area contributed by atoms with Gasteiger partial charge in [-0.15, -0.1) is 23.1 Å². The Hall–Kier alpha value is -1.28. The quantitative estimate of drug-likeness (QED) is 0.640. The molecule has 1 aliphatic rings. The molecule has 8 heteroatoms. The summed E-state index contributed by atoms with van der Waals surface area (Å²) >= 11 is 3.03. The Morgan fingerprint density at radius 3 is 2.61 bits per heavy atom. The molecule has 0 radical (unpaired) electrons. The van der Waals surface area contributed by atoms with Gasteiger partial charge in [-0.2, -0.15) is 0 Å². The van der Waals surface area contributed by atoms with Crippen molar-refractivity contribution in [3.8, 4) is 10.8 Å². The Kier molecular flexibility index (Phi) is 4.82. The molecule has 124 valence electrons. The summed E-state index contributed by atoms with van der Waals surface area (Å²) in [4.78, 5) is 13.4. The number of alkyl halides is 2. The first-order valence-electron chi connectivity index (χ1n) is 7.45. The number of anilines is 1. The zero-order chi connectivity index (χ0) is 16.4. The van der Waals surface area contributed by atoms with Crippen molar-refractivity contribution in [2.75, 3.05) is 11.6 Å². The van der Waals surface area contributed by atoms with E-state index in [-0.39, 0.29) is 18.9 Å². The van der Waals surface area contributed by atoms with Gasteiger partial charge in [0, 0.05) is 36.0 Å². The number of halogens is 2. The summed E-state index contributed by atoms with van der Waals surface area (Å²) in [6.45, 7) is 1.93. The number of aryl methyl sites for hydroxylation is 1. The molecular formula is C15H18F2N4S2. The first-order chi connectivity index (χ1) is 10.9. The number of nitrogens with one attached hydrogen (secondary N) is 1. The van der Waals surface area contributed by atoms with Crippen molar-refractivity contribution in [2.24, 2.45) is 0 Å². The molecule has 2 aromatic heterocycles. The fourth-order valence-electron chi connectivity index (χ4n) is 2.55. The van der Waals surface area contributed by atoms with Gasteiger partial charge < -0.3 is 5.32 Å². The fourth-order valence-corrected chi connectivity index (χ4v) is 3.68. The molecule has 2 heterocycles. The van der Waals surface area contributed by atoms with E-state index in [9.17, 15) is 8.78 Å². The molecule has 0 spiro atoms. The molecule has 0 saturated heterocycles. The average Bonchev–Trinajstić information content (AvgIpc) is 2.96. The number of nitrogens with zero attached hydrogens (tertiary/aromatic N) is 3. The van der Waals surface area contributed by atoms with Crippen molar-refractivity contribution >= 4 is 28.9 Å². The second-order valence-corrected chi connectivity index (χ2v) is 7.37. The van der Waals surface area contributed by atoms with Crippen LogP contribution in [0.2, 0.25) is 0 Å². The third-order valence-electron chi connectivity index (χ3n) is 3.79. The predicted octanol–water partition coefficient (Wildman–Crippen LogP) is 4.62. The maximum Gasteiger partial charge on any atom is 0.248 e. The smallest absolute Gasteiger partial charge is 0.248 e. The molecule has 0 unspecified atom stereocenters. The van der Waals surface area contributed by atoms with E-state index in [0.29, 0.717) is 24.5 Å². The Labute approximate surface area is 142 Å². The molecule has 0 aromatic carbocycles. The van der Waals surface area contributed by atoms with Crippen molar-refractivity contribution in [3.63, 3.8) is 0 Å². The molecule has 3 rings (SSSR count). The summed E-state index contributed by atoms with van der Waals surface area (Å²) in [7, 11) is 0. The Bertz CT molecular complexity index is 680. The predicted molar refractivity (Wildman–Crippen MR) is 90.5 cm³/mol. The van der Waals surface area contributed by atoms with E-state index in [0.717, 1.165) is 15.7 Å². The zero-order valence-corrected chi connectivity index (χ0v) is 14.6. The Morgan fingerprint density at radius 1 is 1.26 bits per heavy atom. The minimum atomic E-state index is -2.52. The van der Waals surface area contributed by atoms with Crippen molar-refractivity contribution < 1.29 is 8.78 Å². The lowest BCUT2D eigenvalue weighted by molar-refractivity contribution is -0.0361. The van der Waals surface area contributed by atoms with Crippen molar-refractivity contribution in [1.82, 2.24) is 15.0 Å². The summed E-state index contributed by atoms with van der Waals surface area (Å²) in [6, 6.07) is 1.89. The van der Waals surface area contributed by atoms with E-state index in [4.69, 9.17) is 0 Å². The molecule has 1 aliphatic carbocycles. The van der Waals surface area contributed by atoms with Gasteiger partial charge >= 0.3 is 0 Å². The Morgan fingerprint density at radius 2 is 2.00 bits per heavy atom. The monoisotopic (exact) mass is 356 g/mol. The van der Waals surface area contributed by atoms with Crippen molar-refractivity contribution in [1.29, 1.82) is 0 Å². The topological polar surface area (TPSA) is 50.7 Å². The van der Waals surface area contributed by atoms with E-state index in [1.54, 1.807) is 0 Å². The fraction of sp³-hybridized carbons (Fsp3) is 0.533. The Balaban J connectivity index is 1.79. The molecule has 2 aromatic rings. The van der Waals surface area contributed by atoms with Gasteiger partial charge in [-0.1, -0.05) is 0 Å². The van der Waals surface area contributed by atoms with Crippen LogP contribution in [0, 0.1) is 6.92 Å². The number of aromatic nitrogens is 3. The molecule has 0 aliphatic heterocycles. The molecule has 1 saturated carbocycles. The van der Waals surface area contributed by atoms with Crippen LogP contribution in [0.15, 0.2) is 16.5 Å². The molecular weight excluding hydrogens is 338 g/mol. The minimum absolute atomic E-state index is 0.0325. The van der Waals surface area contributed by atoms with Gasteiger partial charge in [-0.05, 0) is 26.0 Å². The van der Waals surface area contributed by atoms with Crippen LogP contribution in [0.3, 0.4) is 0 Å². The standard InChI is InChI=1S/C15H18F2N4S2/c1-9-8-23-14(18-9)13-20-11(7-12(21-13)22-2)19-10-3-5-15(16,17)6-4-10/h7-8,10H,3-6H2,1-2H3,(H,19,20,21). The lowest BCUT2D eigenvalue weighted by atomic mass is 9.92. The first kappa shape index (κ1) is 16.6. The van der Waals surface area contributed by atoms with Gasteiger partial charge in [-0.3, -0.25) is 0 Å². The first-order valence-corrected chi connectivity index (χ1v) is 9.55. The number of thiazole rings is 1. The van der Waals surface area contributed by atoms with Gasteiger partial charge in [0.2, 0.25) is 5.92 Å². The van der Waals surface area contributed by atoms with Crippen LogP contribution in [-0.4, -0.2) is 33.2 Å². The van der Waals surface area contributed by atoms with Crippen LogP contribution >= 0.6 is 23.1 Å². The third kappa shape index (κ3) is 4.17. The number of thioether (sulfide) groups is 1. The van der Waals surface area contributed by atoms with Gasteiger partial charge in [0.1, 0.15) is 10.8 Å². The minimum Gasteiger partial charge on any atom is -0.367 e. The van der Waals surface area contributed by atoms with Crippen LogP contribution < -0.4 is 5.32 Å². The normalized spacial score (nSPS) is 18.1. The molecule has 23 heavy (non-hydrogen) atoms. The van der Waals surface area contributed by atoms with Gasteiger partial charge in [-0.25, -0.2) is 23.7 Å².